The fourth-order valence-corrected chi connectivity index (χ4v) is 4.91. The first kappa shape index (κ1) is 30.0. The van der Waals surface area contributed by atoms with Crippen LogP contribution in [-0.4, -0.2) is 42.7 Å². The van der Waals surface area contributed by atoms with Gasteiger partial charge in [-0.15, -0.1) is 12.4 Å². The van der Waals surface area contributed by atoms with Crippen LogP contribution in [0.1, 0.15) is 34.7 Å². The van der Waals surface area contributed by atoms with Gasteiger partial charge in [0.25, 0.3) is 17.4 Å². The van der Waals surface area contributed by atoms with Crippen LogP contribution in [-0.2, 0) is 22.7 Å². The van der Waals surface area contributed by atoms with Crippen molar-refractivity contribution in [1.82, 2.24) is 14.5 Å². The van der Waals surface area contributed by atoms with Gasteiger partial charge < -0.3 is 19.3 Å². The van der Waals surface area contributed by atoms with Crippen molar-refractivity contribution in [3.8, 4) is 5.75 Å². The number of carbonyl (C=O) groups is 2. The molecule has 0 radical (unpaired) electrons. The highest BCUT2D eigenvalue weighted by Crippen LogP contribution is 2.40. The van der Waals surface area contributed by atoms with Crippen molar-refractivity contribution >= 4 is 35.5 Å². The van der Waals surface area contributed by atoms with Crippen LogP contribution in [0.3, 0.4) is 0 Å². The van der Waals surface area contributed by atoms with E-state index in [9.17, 15) is 24.8 Å². The number of hydrogen-bond donors (Lipinski definition) is 1. The molecule has 0 spiro atoms. The number of hydrogen-bond acceptors (Lipinski definition) is 7. The lowest BCUT2D eigenvalue weighted by molar-refractivity contribution is -0.384. The normalized spacial score (nSPS) is 15.8. The number of halogens is 1. The minimum Gasteiger partial charge on any atom is -0.507 e. The fraction of sp³-hybridized carbons (Fsp3) is 0.194. The standard InChI is InChI=1S/C31H28N4O6.ClH/c1-21-4-2-5-22(18-21)19-41-26-12-8-24(9-13-26)29(36)27-28(23-6-10-25(11-7-23)35(39)40)34(31(38)30(27)37)16-3-15-33-17-14-32-20-33;/h2,4-14,17-18,20,28,36H,3,15-16,19H2,1H3;1H. The van der Waals surface area contributed by atoms with E-state index in [4.69, 9.17) is 4.74 Å². The predicted molar refractivity (Wildman–Crippen MR) is 158 cm³/mol. The first-order valence-corrected chi connectivity index (χ1v) is 13.1. The topological polar surface area (TPSA) is 128 Å². The number of Topliss-reactive ketones (excluding diaryl/α,β-unsaturated/α-hetero) is 1. The van der Waals surface area contributed by atoms with Crippen molar-refractivity contribution in [3.63, 3.8) is 0 Å². The number of likely N-dealkylation sites (tertiary alicyclic amines) is 1. The van der Waals surface area contributed by atoms with Crippen molar-refractivity contribution in [2.45, 2.75) is 32.5 Å². The zero-order valence-electron chi connectivity index (χ0n) is 22.8. The zero-order chi connectivity index (χ0) is 28.9. The van der Waals surface area contributed by atoms with Gasteiger partial charge in [0, 0.05) is 43.2 Å². The van der Waals surface area contributed by atoms with Crippen LogP contribution in [0.15, 0.2) is 97.1 Å². The maximum absolute atomic E-state index is 13.3. The van der Waals surface area contributed by atoms with Gasteiger partial charge in [-0.1, -0.05) is 29.8 Å². The van der Waals surface area contributed by atoms with Gasteiger partial charge in [0.15, 0.2) is 0 Å². The van der Waals surface area contributed by atoms with Crippen molar-refractivity contribution in [1.29, 1.82) is 0 Å². The summed E-state index contributed by atoms with van der Waals surface area (Å²) in [7, 11) is 0. The highest BCUT2D eigenvalue weighted by Gasteiger charge is 2.45. The SMILES string of the molecule is Cc1cccc(COc2ccc(C(O)=C3C(=O)C(=O)N(CCCn4ccnc4)C3c3ccc([N+](=O)[O-])cc3)cc2)c1.Cl. The van der Waals surface area contributed by atoms with Crippen LogP contribution in [0.2, 0.25) is 0 Å². The van der Waals surface area contributed by atoms with E-state index in [1.54, 1.807) is 43.0 Å². The lowest BCUT2D eigenvalue weighted by Crippen LogP contribution is -2.31. The third-order valence-electron chi connectivity index (χ3n) is 6.95. The van der Waals surface area contributed by atoms with Crippen LogP contribution in [0, 0.1) is 17.0 Å². The van der Waals surface area contributed by atoms with E-state index in [1.807, 2.05) is 35.8 Å². The summed E-state index contributed by atoms with van der Waals surface area (Å²) in [6, 6.07) is 19.4. The first-order valence-electron chi connectivity index (χ1n) is 13.1. The Labute approximate surface area is 248 Å². The number of ketones is 1. The van der Waals surface area contributed by atoms with Gasteiger partial charge in [0.2, 0.25) is 0 Å². The number of aliphatic hydroxyl groups is 1. The molecule has 0 saturated carbocycles. The molecule has 2 heterocycles. The van der Waals surface area contributed by atoms with E-state index < -0.39 is 22.7 Å². The van der Waals surface area contributed by atoms with E-state index in [2.05, 4.69) is 4.98 Å². The van der Waals surface area contributed by atoms with Gasteiger partial charge >= 0.3 is 0 Å². The van der Waals surface area contributed by atoms with Gasteiger partial charge in [0.1, 0.15) is 18.1 Å². The van der Waals surface area contributed by atoms with E-state index >= 15 is 0 Å². The van der Waals surface area contributed by atoms with Crippen LogP contribution in [0.4, 0.5) is 5.69 Å². The number of aryl methyl sites for hydroxylation is 2. The van der Waals surface area contributed by atoms with Crippen molar-refractivity contribution in [2.75, 3.05) is 6.54 Å². The molecule has 42 heavy (non-hydrogen) atoms. The molecule has 1 aliphatic heterocycles. The lowest BCUT2D eigenvalue weighted by Gasteiger charge is -2.25. The molecule has 1 atom stereocenters. The molecular weight excluding hydrogens is 560 g/mol. The molecule has 1 aromatic heterocycles. The summed E-state index contributed by atoms with van der Waals surface area (Å²) >= 11 is 0. The summed E-state index contributed by atoms with van der Waals surface area (Å²) in [5, 5.41) is 22.5. The monoisotopic (exact) mass is 588 g/mol. The second-order valence-corrected chi connectivity index (χ2v) is 9.80. The highest BCUT2D eigenvalue weighted by atomic mass is 35.5. The molecule has 1 unspecified atom stereocenters. The molecule has 3 aromatic carbocycles. The first-order chi connectivity index (χ1) is 19.8. The minimum absolute atomic E-state index is 0. The van der Waals surface area contributed by atoms with E-state index in [-0.39, 0.29) is 36.0 Å². The predicted octanol–water partition coefficient (Wildman–Crippen LogP) is 5.61. The Kier molecular flexibility index (Phi) is 9.39. The average molecular weight is 589 g/mol. The fourth-order valence-electron chi connectivity index (χ4n) is 4.91. The quantitative estimate of drug-likeness (QED) is 0.0838. The molecule has 1 amide bonds. The third kappa shape index (κ3) is 6.50. The number of imidazole rings is 1. The summed E-state index contributed by atoms with van der Waals surface area (Å²) in [5.41, 5.74) is 2.79. The van der Waals surface area contributed by atoms with Crippen LogP contribution in [0.5, 0.6) is 5.75 Å². The van der Waals surface area contributed by atoms with Gasteiger partial charge in [-0.3, -0.25) is 19.7 Å². The van der Waals surface area contributed by atoms with Crippen LogP contribution in [0.25, 0.3) is 5.76 Å². The molecule has 10 nitrogen and oxygen atoms in total. The number of aliphatic hydroxyl groups excluding tert-OH is 1. The number of nitro benzene ring substituents is 1. The summed E-state index contributed by atoms with van der Waals surface area (Å²) in [5.74, 6) is -1.30. The molecule has 11 heteroatoms. The Morgan fingerprint density at radius 3 is 2.43 bits per heavy atom. The smallest absolute Gasteiger partial charge is 0.295 e. The average Bonchev–Trinajstić information content (AvgIpc) is 3.58. The Balaban J connectivity index is 0.00000405. The number of non-ortho nitro benzene ring substituents is 1. The zero-order valence-corrected chi connectivity index (χ0v) is 23.6. The molecule has 0 bridgehead atoms. The molecule has 1 aliphatic rings. The minimum atomic E-state index is -0.907. The Morgan fingerprint density at radius 2 is 1.79 bits per heavy atom. The number of aromatic nitrogens is 2. The summed E-state index contributed by atoms with van der Waals surface area (Å²) in [4.78, 5) is 42.6. The van der Waals surface area contributed by atoms with E-state index in [0.29, 0.717) is 36.4 Å². The van der Waals surface area contributed by atoms with Gasteiger partial charge in [-0.2, -0.15) is 0 Å². The molecule has 1 N–H and O–H groups in total. The summed E-state index contributed by atoms with van der Waals surface area (Å²) in [6.07, 6.45) is 5.65. The number of ether oxygens (including phenoxy) is 1. The molecular formula is C31H29ClN4O6. The molecule has 0 aliphatic carbocycles. The van der Waals surface area contributed by atoms with Gasteiger partial charge in [0.05, 0.1) is 22.9 Å². The number of nitrogens with zero attached hydrogens (tertiary/aromatic N) is 4. The van der Waals surface area contributed by atoms with Crippen molar-refractivity contribution < 1.29 is 24.4 Å². The molecule has 4 aromatic rings. The van der Waals surface area contributed by atoms with Gasteiger partial charge in [-0.05, 0) is 60.9 Å². The molecule has 1 fully saturated rings. The maximum Gasteiger partial charge on any atom is 0.295 e. The number of rotatable bonds is 10. The van der Waals surface area contributed by atoms with Crippen LogP contribution >= 0.6 is 12.4 Å². The van der Waals surface area contributed by atoms with E-state index in [1.165, 1.54) is 29.2 Å². The Morgan fingerprint density at radius 1 is 1.05 bits per heavy atom. The van der Waals surface area contributed by atoms with Crippen molar-refractivity contribution in [2.24, 2.45) is 0 Å². The Bertz CT molecular complexity index is 1600. The largest absolute Gasteiger partial charge is 0.507 e. The molecule has 5 rings (SSSR count). The summed E-state index contributed by atoms with van der Waals surface area (Å²) < 4.78 is 7.73. The second kappa shape index (κ2) is 13.1. The third-order valence-corrected chi connectivity index (χ3v) is 6.95. The summed E-state index contributed by atoms with van der Waals surface area (Å²) in [6.45, 7) is 3.18. The lowest BCUT2D eigenvalue weighted by atomic mass is 9.95. The number of nitro groups is 1. The second-order valence-electron chi connectivity index (χ2n) is 9.80. The van der Waals surface area contributed by atoms with Crippen LogP contribution < -0.4 is 4.74 Å². The highest BCUT2D eigenvalue weighted by molar-refractivity contribution is 6.46. The molecule has 216 valence electrons. The van der Waals surface area contributed by atoms with E-state index in [0.717, 1.165) is 11.1 Å². The van der Waals surface area contributed by atoms with Gasteiger partial charge in [-0.25, -0.2) is 4.98 Å². The number of benzene rings is 3. The number of carbonyl (C=O) groups excluding carboxylic acids is 2. The molecule has 1 saturated heterocycles. The maximum atomic E-state index is 13.3. The Hall–Kier alpha value is -4.96. The van der Waals surface area contributed by atoms with Crippen molar-refractivity contribution in [3.05, 3.63) is 129 Å². The number of amides is 1.